The van der Waals surface area contributed by atoms with E-state index in [4.69, 9.17) is 4.42 Å². The highest BCUT2D eigenvalue weighted by Crippen LogP contribution is 1.99. The zero-order valence-corrected chi connectivity index (χ0v) is 9.27. The molecule has 0 radical (unpaired) electrons. The van der Waals surface area contributed by atoms with Crippen molar-refractivity contribution in [2.45, 2.75) is 19.0 Å². The van der Waals surface area contributed by atoms with Crippen molar-refractivity contribution in [1.82, 2.24) is 5.32 Å². The molecule has 2 N–H and O–H groups in total. The SMILES string of the molecule is O=C([O-])CC1C(=O)NCC[NH+]1Cc1ccoc1. The third-order valence-electron chi connectivity index (χ3n) is 2.94. The number of rotatable bonds is 4. The maximum atomic E-state index is 11.6. The molecular formula is C11H14N2O4. The summed E-state index contributed by atoms with van der Waals surface area (Å²) in [6.45, 7) is 1.85. The standard InChI is InChI=1S/C11H14N2O4/c14-10(15)5-9-11(16)12-2-3-13(9)6-8-1-4-17-7-8/h1,4,7,9H,2-3,5-6H2,(H,12,16)(H,14,15). The summed E-state index contributed by atoms with van der Waals surface area (Å²) in [4.78, 5) is 23.2. The second-order valence-electron chi connectivity index (χ2n) is 4.14. The van der Waals surface area contributed by atoms with E-state index in [9.17, 15) is 14.7 Å². The number of quaternary nitrogens is 1. The van der Waals surface area contributed by atoms with Gasteiger partial charge in [-0.3, -0.25) is 4.79 Å². The Labute approximate surface area is 98.2 Å². The minimum Gasteiger partial charge on any atom is -0.550 e. The number of piperazine rings is 1. The van der Waals surface area contributed by atoms with E-state index in [1.807, 2.05) is 6.07 Å². The quantitative estimate of drug-likeness (QED) is 0.597. The van der Waals surface area contributed by atoms with Gasteiger partial charge in [-0.25, -0.2) is 0 Å². The van der Waals surface area contributed by atoms with Crippen molar-refractivity contribution in [3.63, 3.8) is 0 Å². The van der Waals surface area contributed by atoms with Gasteiger partial charge < -0.3 is 24.5 Å². The number of aliphatic carboxylic acids is 1. The van der Waals surface area contributed by atoms with Gasteiger partial charge in [0.25, 0.3) is 5.91 Å². The van der Waals surface area contributed by atoms with E-state index in [1.165, 1.54) is 0 Å². The number of nitrogens with one attached hydrogen (secondary N) is 2. The number of hydrogen-bond acceptors (Lipinski definition) is 4. The van der Waals surface area contributed by atoms with Crippen molar-refractivity contribution in [2.24, 2.45) is 0 Å². The van der Waals surface area contributed by atoms with E-state index in [1.54, 1.807) is 12.5 Å². The highest BCUT2D eigenvalue weighted by molar-refractivity contribution is 5.84. The van der Waals surface area contributed by atoms with Crippen LogP contribution >= 0.6 is 0 Å². The van der Waals surface area contributed by atoms with Gasteiger partial charge in [0, 0.05) is 18.0 Å². The van der Waals surface area contributed by atoms with Crippen molar-refractivity contribution in [3.05, 3.63) is 24.2 Å². The van der Waals surface area contributed by atoms with Gasteiger partial charge in [0.05, 0.1) is 25.6 Å². The molecule has 0 aromatic carbocycles. The van der Waals surface area contributed by atoms with Crippen LogP contribution in [0.1, 0.15) is 12.0 Å². The molecular weight excluding hydrogens is 224 g/mol. The number of carbonyl (C=O) groups excluding carboxylic acids is 2. The summed E-state index contributed by atoms with van der Waals surface area (Å²) in [5.41, 5.74) is 0.957. The molecule has 92 valence electrons. The summed E-state index contributed by atoms with van der Waals surface area (Å²) in [7, 11) is 0. The fourth-order valence-corrected chi connectivity index (χ4v) is 2.10. The summed E-state index contributed by atoms with van der Waals surface area (Å²) in [6.07, 6.45) is 2.92. The number of amides is 1. The topological polar surface area (TPSA) is 86.8 Å². The lowest BCUT2D eigenvalue weighted by Crippen LogP contribution is -3.18. The summed E-state index contributed by atoms with van der Waals surface area (Å²) in [5.74, 6) is -1.42. The number of carboxylic acid groups (broad SMARTS) is 1. The van der Waals surface area contributed by atoms with Crippen molar-refractivity contribution < 1.29 is 24.0 Å². The highest BCUT2D eigenvalue weighted by Gasteiger charge is 2.33. The average Bonchev–Trinajstić information content (AvgIpc) is 2.75. The Morgan fingerprint density at radius 1 is 1.65 bits per heavy atom. The predicted molar refractivity (Wildman–Crippen MR) is 54.7 cm³/mol. The van der Waals surface area contributed by atoms with Crippen LogP contribution < -0.4 is 15.3 Å². The molecule has 2 rings (SSSR count). The normalized spacial score (nSPS) is 24.4. The molecule has 0 saturated carbocycles. The number of hydrogen-bond donors (Lipinski definition) is 2. The lowest BCUT2D eigenvalue weighted by atomic mass is 10.1. The summed E-state index contributed by atoms with van der Waals surface area (Å²) in [5, 5.41) is 13.3. The molecule has 0 aliphatic carbocycles. The molecule has 0 spiro atoms. The number of carboxylic acids is 1. The van der Waals surface area contributed by atoms with Gasteiger partial charge >= 0.3 is 0 Å². The van der Waals surface area contributed by atoms with Crippen molar-refractivity contribution in [3.8, 4) is 0 Å². The lowest BCUT2D eigenvalue weighted by molar-refractivity contribution is -0.930. The van der Waals surface area contributed by atoms with Gasteiger partial charge in [0.15, 0.2) is 6.04 Å². The fraction of sp³-hybridized carbons (Fsp3) is 0.455. The van der Waals surface area contributed by atoms with Crippen LogP contribution in [0.25, 0.3) is 0 Å². The fourth-order valence-electron chi connectivity index (χ4n) is 2.10. The third kappa shape index (κ3) is 2.85. The van der Waals surface area contributed by atoms with Crippen LogP contribution in [0, 0.1) is 0 Å². The molecule has 2 unspecified atom stereocenters. The van der Waals surface area contributed by atoms with Crippen LogP contribution in [0.4, 0.5) is 0 Å². The predicted octanol–water partition coefficient (Wildman–Crippen LogP) is -2.70. The monoisotopic (exact) mass is 238 g/mol. The van der Waals surface area contributed by atoms with E-state index < -0.39 is 12.0 Å². The number of carbonyl (C=O) groups is 2. The molecule has 1 aliphatic heterocycles. The van der Waals surface area contributed by atoms with Gasteiger partial charge in [-0.05, 0) is 6.07 Å². The minimum absolute atomic E-state index is 0.223. The van der Waals surface area contributed by atoms with Gasteiger partial charge in [-0.2, -0.15) is 0 Å². The summed E-state index contributed by atoms with van der Waals surface area (Å²) in [6, 6.07) is 1.24. The van der Waals surface area contributed by atoms with E-state index >= 15 is 0 Å². The first kappa shape index (κ1) is 11.7. The van der Waals surface area contributed by atoms with Crippen LogP contribution in [-0.4, -0.2) is 31.0 Å². The van der Waals surface area contributed by atoms with E-state index in [-0.39, 0.29) is 12.3 Å². The molecule has 6 nitrogen and oxygen atoms in total. The summed E-state index contributed by atoms with van der Waals surface area (Å²) >= 11 is 0. The van der Waals surface area contributed by atoms with Gasteiger partial charge in [0.1, 0.15) is 6.54 Å². The molecule has 2 atom stereocenters. The summed E-state index contributed by atoms with van der Waals surface area (Å²) < 4.78 is 4.96. The zero-order valence-electron chi connectivity index (χ0n) is 9.27. The van der Waals surface area contributed by atoms with E-state index in [2.05, 4.69) is 5.32 Å². The Kier molecular flexibility index (Phi) is 3.43. The van der Waals surface area contributed by atoms with Crippen LogP contribution in [0.2, 0.25) is 0 Å². The Bertz CT molecular complexity index is 402. The molecule has 1 aromatic rings. The van der Waals surface area contributed by atoms with Crippen LogP contribution in [0.5, 0.6) is 0 Å². The first-order valence-electron chi connectivity index (χ1n) is 5.50. The molecule has 1 aromatic heterocycles. The van der Waals surface area contributed by atoms with E-state index in [0.717, 1.165) is 10.5 Å². The first-order chi connectivity index (χ1) is 8.16. The maximum absolute atomic E-state index is 11.6. The largest absolute Gasteiger partial charge is 0.550 e. The third-order valence-corrected chi connectivity index (χ3v) is 2.94. The Morgan fingerprint density at radius 2 is 2.47 bits per heavy atom. The lowest BCUT2D eigenvalue weighted by Gasteiger charge is -2.31. The Hall–Kier alpha value is -1.82. The van der Waals surface area contributed by atoms with Crippen molar-refractivity contribution in [2.75, 3.05) is 13.1 Å². The second-order valence-corrected chi connectivity index (χ2v) is 4.14. The number of furan rings is 1. The molecule has 2 heterocycles. The Morgan fingerprint density at radius 3 is 3.12 bits per heavy atom. The molecule has 17 heavy (non-hydrogen) atoms. The average molecular weight is 238 g/mol. The molecule has 0 bridgehead atoms. The molecule has 1 aliphatic rings. The van der Waals surface area contributed by atoms with Crippen LogP contribution in [0.15, 0.2) is 23.0 Å². The minimum atomic E-state index is -1.20. The van der Waals surface area contributed by atoms with Crippen molar-refractivity contribution in [1.29, 1.82) is 0 Å². The smallest absolute Gasteiger partial charge is 0.278 e. The van der Waals surface area contributed by atoms with Gasteiger partial charge in [-0.1, -0.05) is 0 Å². The zero-order chi connectivity index (χ0) is 12.3. The second kappa shape index (κ2) is 5.01. The first-order valence-corrected chi connectivity index (χ1v) is 5.50. The molecule has 1 saturated heterocycles. The molecule has 1 fully saturated rings. The molecule has 1 amide bonds. The Balaban J connectivity index is 2.06. The van der Waals surface area contributed by atoms with Crippen LogP contribution in [0.3, 0.4) is 0 Å². The van der Waals surface area contributed by atoms with E-state index in [0.29, 0.717) is 19.6 Å². The maximum Gasteiger partial charge on any atom is 0.278 e. The van der Waals surface area contributed by atoms with Crippen LogP contribution in [-0.2, 0) is 16.1 Å². The van der Waals surface area contributed by atoms with Crippen molar-refractivity contribution >= 4 is 11.9 Å². The van der Waals surface area contributed by atoms with Gasteiger partial charge in [0.2, 0.25) is 0 Å². The molecule has 6 heteroatoms. The highest BCUT2D eigenvalue weighted by atomic mass is 16.4. The van der Waals surface area contributed by atoms with Gasteiger partial charge in [-0.15, -0.1) is 0 Å².